The number of benzene rings is 1. The second-order valence-electron chi connectivity index (χ2n) is 5.00. The van der Waals surface area contributed by atoms with E-state index < -0.39 is 5.25 Å². The van der Waals surface area contributed by atoms with Gasteiger partial charge < -0.3 is 13.7 Å². The maximum absolute atomic E-state index is 12.4. The summed E-state index contributed by atoms with van der Waals surface area (Å²) in [5.74, 6) is 0.943. The van der Waals surface area contributed by atoms with Crippen LogP contribution in [-0.2, 0) is 16.6 Å². The summed E-state index contributed by atoms with van der Waals surface area (Å²) in [5, 5.41) is 8.46. The minimum atomic E-state index is -0.501. The molecular formula is C17H17N3O3S. The Balaban J connectivity index is 1.89. The number of hydrogen-bond acceptors (Lipinski definition) is 6. The molecule has 24 heavy (non-hydrogen) atoms. The number of aromatic nitrogens is 3. The van der Waals surface area contributed by atoms with Crippen molar-refractivity contribution in [2.24, 2.45) is 7.05 Å². The lowest BCUT2D eigenvalue weighted by atomic mass is 10.1. The van der Waals surface area contributed by atoms with Crippen molar-refractivity contribution >= 4 is 17.7 Å². The van der Waals surface area contributed by atoms with Crippen LogP contribution in [0.25, 0.3) is 11.6 Å². The summed E-state index contributed by atoms with van der Waals surface area (Å²) >= 11 is 1.31. The van der Waals surface area contributed by atoms with Gasteiger partial charge in [-0.1, -0.05) is 42.1 Å². The number of nitrogens with zero attached hydrogens (tertiary/aromatic N) is 3. The van der Waals surface area contributed by atoms with Gasteiger partial charge in [-0.2, -0.15) is 0 Å². The first-order valence-corrected chi connectivity index (χ1v) is 8.40. The molecule has 6 nitrogen and oxygen atoms in total. The van der Waals surface area contributed by atoms with Crippen LogP contribution in [0.4, 0.5) is 0 Å². The molecule has 1 atom stereocenters. The molecular weight excluding hydrogens is 326 g/mol. The first kappa shape index (κ1) is 16.3. The van der Waals surface area contributed by atoms with Crippen molar-refractivity contribution in [1.82, 2.24) is 14.8 Å². The SMILES string of the molecule is CCOC(=O)[C@@H](Sc1nnc(-c2ccco2)n1C)c1ccccc1. The Morgan fingerprint density at radius 2 is 2.04 bits per heavy atom. The summed E-state index contributed by atoms with van der Waals surface area (Å²) in [5.41, 5.74) is 0.864. The predicted molar refractivity (Wildman–Crippen MR) is 90.4 cm³/mol. The van der Waals surface area contributed by atoms with E-state index >= 15 is 0 Å². The van der Waals surface area contributed by atoms with Gasteiger partial charge >= 0.3 is 5.97 Å². The Morgan fingerprint density at radius 1 is 1.25 bits per heavy atom. The van der Waals surface area contributed by atoms with Gasteiger partial charge in [-0.15, -0.1) is 10.2 Å². The van der Waals surface area contributed by atoms with Gasteiger partial charge in [0, 0.05) is 7.05 Å². The molecule has 0 spiro atoms. The van der Waals surface area contributed by atoms with Crippen LogP contribution in [0.5, 0.6) is 0 Å². The van der Waals surface area contributed by atoms with Crippen LogP contribution in [0.1, 0.15) is 17.7 Å². The highest BCUT2D eigenvalue weighted by Crippen LogP contribution is 2.36. The number of hydrogen-bond donors (Lipinski definition) is 0. The summed E-state index contributed by atoms with van der Waals surface area (Å²) in [6, 6.07) is 13.1. The van der Waals surface area contributed by atoms with Crippen molar-refractivity contribution in [3.63, 3.8) is 0 Å². The summed E-state index contributed by atoms with van der Waals surface area (Å²) < 4.78 is 12.4. The van der Waals surface area contributed by atoms with Crippen LogP contribution >= 0.6 is 11.8 Å². The van der Waals surface area contributed by atoms with Crippen LogP contribution < -0.4 is 0 Å². The molecule has 0 saturated carbocycles. The number of ether oxygens (including phenoxy) is 1. The van der Waals surface area contributed by atoms with E-state index in [1.54, 1.807) is 23.8 Å². The molecule has 1 aromatic carbocycles. The molecule has 3 aromatic rings. The maximum Gasteiger partial charge on any atom is 0.324 e. The van der Waals surface area contributed by atoms with Crippen LogP contribution in [0.3, 0.4) is 0 Å². The van der Waals surface area contributed by atoms with Crippen molar-refractivity contribution in [3.8, 4) is 11.6 Å². The molecule has 0 unspecified atom stereocenters. The Kier molecular flexibility index (Phi) is 5.00. The van der Waals surface area contributed by atoms with Crippen molar-refractivity contribution in [3.05, 3.63) is 54.3 Å². The molecule has 7 heteroatoms. The third-order valence-electron chi connectivity index (χ3n) is 3.40. The Labute approximate surface area is 143 Å². The lowest BCUT2D eigenvalue weighted by molar-refractivity contribution is -0.142. The minimum absolute atomic E-state index is 0.295. The number of carbonyl (C=O) groups excluding carboxylic acids is 1. The Hall–Kier alpha value is -2.54. The lowest BCUT2D eigenvalue weighted by Crippen LogP contribution is -2.14. The summed E-state index contributed by atoms with van der Waals surface area (Å²) in [7, 11) is 1.84. The summed E-state index contributed by atoms with van der Waals surface area (Å²) in [6.07, 6.45) is 1.59. The van der Waals surface area contributed by atoms with E-state index in [1.165, 1.54) is 11.8 Å². The van der Waals surface area contributed by atoms with Gasteiger partial charge in [-0.3, -0.25) is 4.79 Å². The van der Waals surface area contributed by atoms with Crippen molar-refractivity contribution in [2.75, 3.05) is 6.61 Å². The molecule has 0 fully saturated rings. The minimum Gasteiger partial charge on any atom is -0.465 e. The Bertz CT molecular complexity index is 800. The van der Waals surface area contributed by atoms with Gasteiger partial charge in [-0.05, 0) is 24.6 Å². The zero-order chi connectivity index (χ0) is 16.9. The number of furan rings is 1. The fourth-order valence-electron chi connectivity index (χ4n) is 2.24. The third kappa shape index (κ3) is 3.35. The van der Waals surface area contributed by atoms with E-state index in [0.29, 0.717) is 23.3 Å². The molecule has 0 aliphatic heterocycles. The summed E-state index contributed by atoms with van der Waals surface area (Å²) in [6.45, 7) is 2.13. The quantitative estimate of drug-likeness (QED) is 0.504. The third-order valence-corrected chi connectivity index (χ3v) is 4.67. The number of carbonyl (C=O) groups is 1. The lowest BCUT2D eigenvalue weighted by Gasteiger charge is -2.15. The highest BCUT2D eigenvalue weighted by atomic mass is 32.2. The van der Waals surface area contributed by atoms with Crippen molar-refractivity contribution in [1.29, 1.82) is 0 Å². The molecule has 124 valence electrons. The highest BCUT2D eigenvalue weighted by molar-refractivity contribution is 8.00. The first-order valence-electron chi connectivity index (χ1n) is 7.52. The molecule has 0 aliphatic rings. The first-order chi connectivity index (χ1) is 11.7. The zero-order valence-electron chi connectivity index (χ0n) is 13.4. The standard InChI is InChI=1S/C17H17N3O3S/c1-3-22-16(21)14(12-8-5-4-6-9-12)24-17-19-18-15(20(17)2)13-10-7-11-23-13/h4-11,14H,3H2,1-2H3/t14-/m0/s1. The second kappa shape index (κ2) is 7.35. The van der Waals surface area contributed by atoms with E-state index in [4.69, 9.17) is 9.15 Å². The van der Waals surface area contributed by atoms with Crippen LogP contribution in [0.15, 0.2) is 58.3 Å². The molecule has 0 radical (unpaired) electrons. The van der Waals surface area contributed by atoms with Crippen molar-refractivity contribution in [2.45, 2.75) is 17.3 Å². The number of thioether (sulfide) groups is 1. The number of esters is 1. The molecule has 0 aliphatic carbocycles. The van der Waals surface area contributed by atoms with Gasteiger partial charge in [-0.25, -0.2) is 0 Å². The fraction of sp³-hybridized carbons (Fsp3) is 0.235. The van der Waals surface area contributed by atoms with Gasteiger partial charge in [0.05, 0.1) is 12.9 Å². The van der Waals surface area contributed by atoms with E-state index in [2.05, 4.69) is 10.2 Å². The van der Waals surface area contributed by atoms with Crippen LogP contribution in [0.2, 0.25) is 0 Å². The zero-order valence-corrected chi connectivity index (χ0v) is 14.2. The average molecular weight is 343 g/mol. The van der Waals surface area contributed by atoms with Gasteiger partial charge in [0.2, 0.25) is 0 Å². The van der Waals surface area contributed by atoms with Gasteiger partial charge in [0.25, 0.3) is 0 Å². The van der Waals surface area contributed by atoms with E-state index in [9.17, 15) is 4.79 Å². The van der Waals surface area contributed by atoms with E-state index in [0.717, 1.165) is 5.56 Å². The largest absolute Gasteiger partial charge is 0.465 e. The molecule has 3 rings (SSSR count). The highest BCUT2D eigenvalue weighted by Gasteiger charge is 2.26. The maximum atomic E-state index is 12.4. The number of rotatable bonds is 6. The monoisotopic (exact) mass is 343 g/mol. The Morgan fingerprint density at radius 3 is 2.71 bits per heavy atom. The normalized spacial score (nSPS) is 12.1. The molecule has 0 saturated heterocycles. The van der Waals surface area contributed by atoms with Gasteiger partial charge in [0.15, 0.2) is 16.7 Å². The van der Waals surface area contributed by atoms with Crippen LogP contribution in [0, 0.1) is 0 Å². The summed E-state index contributed by atoms with van der Waals surface area (Å²) in [4.78, 5) is 12.4. The molecule has 0 amide bonds. The smallest absolute Gasteiger partial charge is 0.324 e. The van der Waals surface area contributed by atoms with Crippen LogP contribution in [-0.4, -0.2) is 27.3 Å². The fourth-order valence-corrected chi connectivity index (χ4v) is 3.24. The average Bonchev–Trinajstić information content (AvgIpc) is 3.23. The van der Waals surface area contributed by atoms with Gasteiger partial charge in [0.1, 0.15) is 5.25 Å². The molecule has 2 aromatic heterocycles. The predicted octanol–water partition coefficient (Wildman–Crippen LogP) is 3.47. The molecule has 2 heterocycles. The molecule has 0 N–H and O–H groups in total. The van der Waals surface area contributed by atoms with E-state index in [-0.39, 0.29) is 5.97 Å². The van der Waals surface area contributed by atoms with E-state index in [1.807, 2.05) is 43.4 Å². The second-order valence-corrected chi connectivity index (χ2v) is 6.08. The molecule has 0 bridgehead atoms. The topological polar surface area (TPSA) is 70.2 Å². The van der Waals surface area contributed by atoms with Crippen molar-refractivity contribution < 1.29 is 13.9 Å².